The number of nitrogens with one attached hydrogen (secondary N) is 1. The Kier molecular flexibility index (Phi) is 4.59. The summed E-state index contributed by atoms with van der Waals surface area (Å²) in [5.41, 5.74) is 0. The van der Waals surface area contributed by atoms with Crippen molar-refractivity contribution in [2.45, 2.75) is 45.2 Å². The van der Waals surface area contributed by atoms with E-state index in [0.717, 1.165) is 30.2 Å². The molecule has 0 aliphatic carbocycles. The molecule has 1 fully saturated rings. The van der Waals surface area contributed by atoms with Crippen molar-refractivity contribution in [2.24, 2.45) is 10.9 Å². The molecule has 1 N–H and O–H groups in total. The second-order valence-electron chi connectivity index (χ2n) is 5.60. The molecular formula is C12H22N2O2S2. The fraction of sp³-hybridized carbons (Fsp3) is 0.917. The fourth-order valence-electron chi connectivity index (χ4n) is 2.37. The van der Waals surface area contributed by atoms with Gasteiger partial charge in [0.05, 0.1) is 17.5 Å². The van der Waals surface area contributed by atoms with Crippen LogP contribution in [0.25, 0.3) is 0 Å². The highest BCUT2D eigenvalue weighted by Gasteiger charge is 2.26. The van der Waals surface area contributed by atoms with Crippen LogP contribution >= 0.6 is 11.8 Å². The zero-order valence-corrected chi connectivity index (χ0v) is 12.7. The van der Waals surface area contributed by atoms with Crippen molar-refractivity contribution in [1.82, 2.24) is 5.32 Å². The Morgan fingerprint density at radius 2 is 2.06 bits per heavy atom. The third kappa shape index (κ3) is 4.16. The Balaban J connectivity index is 1.81. The molecule has 2 aliphatic heterocycles. The number of sulfone groups is 1. The van der Waals surface area contributed by atoms with Gasteiger partial charge < -0.3 is 5.32 Å². The number of hydrogen-bond donors (Lipinski definition) is 1. The van der Waals surface area contributed by atoms with Crippen molar-refractivity contribution >= 4 is 26.8 Å². The lowest BCUT2D eigenvalue weighted by Gasteiger charge is -2.23. The van der Waals surface area contributed by atoms with Crippen LogP contribution in [0.15, 0.2) is 4.99 Å². The minimum absolute atomic E-state index is 0.289. The summed E-state index contributed by atoms with van der Waals surface area (Å²) in [4.78, 5) is 4.68. The summed E-state index contributed by atoms with van der Waals surface area (Å²) in [7, 11) is -2.76. The van der Waals surface area contributed by atoms with E-state index in [2.05, 4.69) is 24.2 Å². The number of nitrogens with zero attached hydrogens (tertiary/aromatic N) is 1. The maximum atomic E-state index is 11.3. The highest BCUT2D eigenvalue weighted by molar-refractivity contribution is 8.14. The number of aliphatic imine (C=N–C) groups is 1. The molecule has 1 saturated heterocycles. The molecule has 0 saturated carbocycles. The van der Waals surface area contributed by atoms with E-state index in [-0.39, 0.29) is 6.04 Å². The van der Waals surface area contributed by atoms with Crippen LogP contribution in [-0.4, -0.2) is 42.9 Å². The highest BCUT2D eigenvalue weighted by atomic mass is 32.2. The molecule has 0 aromatic carbocycles. The van der Waals surface area contributed by atoms with Gasteiger partial charge in [-0.2, -0.15) is 0 Å². The van der Waals surface area contributed by atoms with Crippen LogP contribution in [-0.2, 0) is 9.84 Å². The Labute approximate surface area is 114 Å². The zero-order chi connectivity index (χ0) is 13.2. The second-order valence-corrected chi connectivity index (χ2v) is 8.91. The van der Waals surface area contributed by atoms with Gasteiger partial charge in [0.15, 0.2) is 5.17 Å². The van der Waals surface area contributed by atoms with E-state index in [1.54, 1.807) is 11.8 Å². The van der Waals surface area contributed by atoms with Gasteiger partial charge in [-0.3, -0.25) is 4.99 Å². The van der Waals surface area contributed by atoms with Crippen molar-refractivity contribution in [3.05, 3.63) is 0 Å². The molecule has 1 unspecified atom stereocenters. The molecule has 104 valence electrons. The van der Waals surface area contributed by atoms with Gasteiger partial charge >= 0.3 is 0 Å². The summed E-state index contributed by atoms with van der Waals surface area (Å²) in [6.07, 6.45) is 2.57. The van der Waals surface area contributed by atoms with E-state index < -0.39 is 9.84 Å². The molecule has 0 aromatic rings. The lowest BCUT2D eigenvalue weighted by molar-refractivity contribution is 0.515. The van der Waals surface area contributed by atoms with Crippen molar-refractivity contribution in [3.63, 3.8) is 0 Å². The lowest BCUT2D eigenvalue weighted by Crippen LogP contribution is -2.39. The minimum atomic E-state index is -2.76. The average molecular weight is 290 g/mol. The van der Waals surface area contributed by atoms with E-state index in [1.807, 2.05) is 0 Å². The summed E-state index contributed by atoms with van der Waals surface area (Å²) in [6.45, 7) is 4.44. The zero-order valence-electron chi connectivity index (χ0n) is 11.1. The normalized spacial score (nSPS) is 28.4. The quantitative estimate of drug-likeness (QED) is 0.859. The number of rotatable bonds is 3. The van der Waals surface area contributed by atoms with Crippen LogP contribution in [0, 0.1) is 5.92 Å². The van der Waals surface area contributed by atoms with Gasteiger partial charge in [-0.05, 0) is 25.2 Å². The van der Waals surface area contributed by atoms with Gasteiger partial charge in [-0.15, -0.1) is 0 Å². The van der Waals surface area contributed by atoms with Crippen LogP contribution in [0.5, 0.6) is 0 Å². The number of hydrogen-bond acceptors (Lipinski definition) is 5. The largest absolute Gasteiger partial charge is 0.362 e. The van der Waals surface area contributed by atoms with Crippen LogP contribution < -0.4 is 5.32 Å². The molecular weight excluding hydrogens is 268 g/mol. The summed E-state index contributed by atoms with van der Waals surface area (Å²) >= 11 is 1.78. The third-order valence-electron chi connectivity index (χ3n) is 3.34. The first-order valence-corrected chi connectivity index (χ1v) is 9.43. The maximum Gasteiger partial charge on any atom is 0.157 e. The minimum Gasteiger partial charge on any atom is -0.362 e. The molecule has 2 rings (SSSR count). The molecule has 18 heavy (non-hydrogen) atoms. The predicted molar refractivity (Wildman–Crippen MR) is 77.9 cm³/mol. The Morgan fingerprint density at radius 3 is 2.67 bits per heavy atom. The van der Waals surface area contributed by atoms with Gasteiger partial charge in [0.2, 0.25) is 0 Å². The van der Waals surface area contributed by atoms with E-state index in [0.29, 0.717) is 23.5 Å². The smallest absolute Gasteiger partial charge is 0.157 e. The monoisotopic (exact) mass is 290 g/mol. The lowest BCUT2D eigenvalue weighted by atomic mass is 10.1. The molecule has 6 heteroatoms. The molecule has 2 aliphatic rings. The first kappa shape index (κ1) is 14.2. The highest BCUT2D eigenvalue weighted by Crippen LogP contribution is 2.23. The first-order valence-electron chi connectivity index (χ1n) is 6.62. The van der Waals surface area contributed by atoms with Crippen LogP contribution in [0.4, 0.5) is 0 Å². The van der Waals surface area contributed by atoms with E-state index >= 15 is 0 Å². The summed E-state index contributed by atoms with van der Waals surface area (Å²) in [5, 5.41) is 4.43. The van der Waals surface area contributed by atoms with Gasteiger partial charge in [-0.25, -0.2) is 8.42 Å². The van der Waals surface area contributed by atoms with Crippen molar-refractivity contribution < 1.29 is 8.42 Å². The van der Waals surface area contributed by atoms with Crippen molar-refractivity contribution in [3.8, 4) is 0 Å². The summed E-state index contributed by atoms with van der Waals surface area (Å²) in [5.74, 6) is 2.38. The van der Waals surface area contributed by atoms with Crippen LogP contribution in [0.3, 0.4) is 0 Å². The maximum absolute atomic E-state index is 11.3. The molecule has 0 aromatic heterocycles. The van der Waals surface area contributed by atoms with Gasteiger partial charge in [0, 0.05) is 11.8 Å². The van der Waals surface area contributed by atoms with E-state index in [4.69, 9.17) is 0 Å². The van der Waals surface area contributed by atoms with Crippen molar-refractivity contribution in [2.75, 3.05) is 17.3 Å². The van der Waals surface area contributed by atoms with Crippen LogP contribution in [0.2, 0.25) is 0 Å². The molecule has 4 nitrogen and oxygen atoms in total. The fourth-order valence-corrected chi connectivity index (χ4v) is 4.89. The molecule has 0 spiro atoms. The van der Waals surface area contributed by atoms with E-state index in [9.17, 15) is 8.42 Å². The molecule has 0 radical (unpaired) electrons. The molecule has 1 atom stereocenters. The Hall–Kier alpha value is -0.230. The third-order valence-corrected chi connectivity index (χ3v) is 6.10. The Morgan fingerprint density at radius 1 is 1.39 bits per heavy atom. The SMILES string of the molecule is CC(C)CC1CSC(NC2CCS(=O)(=O)CC2)=N1. The summed E-state index contributed by atoms with van der Waals surface area (Å²) in [6, 6.07) is 0.724. The van der Waals surface area contributed by atoms with Crippen molar-refractivity contribution in [1.29, 1.82) is 0 Å². The van der Waals surface area contributed by atoms with Crippen LogP contribution in [0.1, 0.15) is 33.1 Å². The average Bonchev–Trinajstić information content (AvgIpc) is 2.68. The standard InChI is InChI=1S/C12H22N2O2S2/c1-9(2)7-11-8-17-12(14-11)13-10-3-5-18(15,16)6-4-10/h9-11H,3-8H2,1-2H3,(H,13,14). The predicted octanol–water partition coefficient (Wildman–Crippen LogP) is 1.67. The van der Waals surface area contributed by atoms with E-state index in [1.165, 1.54) is 0 Å². The Bertz CT molecular complexity index is 404. The van der Waals surface area contributed by atoms with Gasteiger partial charge in [0.25, 0.3) is 0 Å². The van der Waals surface area contributed by atoms with Gasteiger partial charge in [0.1, 0.15) is 9.84 Å². The topological polar surface area (TPSA) is 58.5 Å². The number of amidine groups is 1. The second kappa shape index (κ2) is 5.82. The molecule has 2 heterocycles. The molecule has 0 bridgehead atoms. The molecule has 0 amide bonds. The first-order chi connectivity index (χ1) is 8.44. The number of thioether (sulfide) groups is 1. The van der Waals surface area contributed by atoms with Gasteiger partial charge in [-0.1, -0.05) is 25.6 Å². The summed E-state index contributed by atoms with van der Waals surface area (Å²) < 4.78 is 22.7.